The van der Waals surface area contributed by atoms with Crippen LogP contribution < -0.4 is 20.1 Å². The fourth-order valence-electron chi connectivity index (χ4n) is 2.22. The smallest absolute Gasteiger partial charge is 0.221 e. The highest BCUT2D eigenvalue weighted by molar-refractivity contribution is 5.76. The van der Waals surface area contributed by atoms with Gasteiger partial charge < -0.3 is 20.1 Å². The Hall–Kier alpha value is -1.75. The van der Waals surface area contributed by atoms with E-state index in [2.05, 4.69) is 17.6 Å². The van der Waals surface area contributed by atoms with Gasteiger partial charge in [-0.15, -0.1) is 0 Å². The van der Waals surface area contributed by atoms with Gasteiger partial charge in [0.1, 0.15) is 11.5 Å². The zero-order chi connectivity index (χ0) is 15.2. The Morgan fingerprint density at radius 1 is 1.33 bits per heavy atom. The molecule has 0 aliphatic heterocycles. The molecule has 21 heavy (non-hydrogen) atoms. The summed E-state index contributed by atoms with van der Waals surface area (Å²) in [5.41, 5.74) is 1.06. The predicted octanol–water partition coefficient (Wildman–Crippen LogP) is 2.02. The highest BCUT2D eigenvalue weighted by Gasteiger charge is 2.22. The molecule has 0 spiro atoms. The van der Waals surface area contributed by atoms with Gasteiger partial charge in [0.25, 0.3) is 0 Å². The summed E-state index contributed by atoms with van der Waals surface area (Å²) in [6, 6.07) is 6.30. The van der Waals surface area contributed by atoms with Gasteiger partial charge >= 0.3 is 0 Å². The van der Waals surface area contributed by atoms with Crippen molar-refractivity contribution in [3.63, 3.8) is 0 Å². The van der Waals surface area contributed by atoms with Gasteiger partial charge in [0, 0.05) is 36.7 Å². The standard InChI is InChI=1S/C16H24N2O3/c1-11(17-9-8-16(19)18-12-4-5-12)14-7-6-13(20-2)10-15(14)21-3/h6-7,10-12,17H,4-5,8-9H2,1-3H3,(H,18,19). The maximum atomic E-state index is 11.6. The molecular weight excluding hydrogens is 268 g/mol. The summed E-state index contributed by atoms with van der Waals surface area (Å²) in [6.07, 6.45) is 2.75. The lowest BCUT2D eigenvalue weighted by molar-refractivity contribution is -0.121. The van der Waals surface area contributed by atoms with Crippen LogP contribution in [0.2, 0.25) is 0 Å². The van der Waals surface area contributed by atoms with Crippen LogP contribution in [0.4, 0.5) is 0 Å². The Kier molecular flexibility index (Phi) is 5.44. The molecule has 2 N–H and O–H groups in total. The number of rotatable bonds is 8. The van der Waals surface area contributed by atoms with E-state index in [0.717, 1.165) is 29.9 Å². The molecule has 2 rings (SSSR count). The third-order valence-electron chi connectivity index (χ3n) is 3.65. The van der Waals surface area contributed by atoms with Gasteiger partial charge in [0.05, 0.1) is 14.2 Å². The summed E-state index contributed by atoms with van der Waals surface area (Å²) in [4.78, 5) is 11.6. The number of carbonyl (C=O) groups is 1. The molecule has 0 aromatic heterocycles. The number of carbonyl (C=O) groups excluding carboxylic acids is 1. The van der Waals surface area contributed by atoms with Crippen LogP contribution in [-0.4, -0.2) is 32.7 Å². The molecule has 1 saturated carbocycles. The summed E-state index contributed by atoms with van der Waals surface area (Å²) in [5.74, 6) is 1.68. The second-order valence-corrected chi connectivity index (χ2v) is 5.38. The van der Waals surface area contributed by atoms with E-state index in [0.29, 0.717) is 19.0 Å². The Bertz CT molecular complexity index is 486. The van der Waals surface area contributed by atoms with Crippen molar-refractivity contribution in [1.82, 2.24) is 10.6 Å². The maximum Gasteiger partial charge on any atom is 0.221 e. The number of hydrogen-bond acceptors (Lipinski definition) is 4. The Labute approximate surface area is 126 Å². The van der Waals surface area contributed by atoms with Crippen molar-refractivity contribution in [2.24, 2.45) is 0 Å². The second kappa shape index (κ2) is 7.31. The van der Waals surface area contributed by atoms with E-state index in [1.54, 1.807) is 14.2 Å². The minimum Gasteiger partial charge on any atom is -0.497 e. The number of amides is 1. The molecule has 1 aliphatic carbocycles. The SMILES string of the molecule is COc1ccc(C(C)NCCC(=O)NC2CC2)c(OC)c1. The fraction of sp³-hybridized carbons (Fsp3) is 0.562. The highest BCUT2D eigenvalue weighted by Crippen LogP contribution is 2.29. The van der Waals surface area contributed by atoms with Gasteiger partial charge in [-0.05, 0) is 25.8 Å². The monoisotopic (exact) mass is 292 g/mol. The van der Waals surface area contributed by atoms with Gasteiger partial charge in [0.15, 0.2) is 0 Å². The van der Waals surface area contributed by atoms with Crippen LogP contribution in [0.5, 0.6) is 11.5 Å². The van der Waals surface area contributed by atoms with Gasteiger partial charge in [-0.25, -0.2) is 0 Å². The molecule has 1 aliphatic rings. The summed E-state index contributed by atoms with van der Waals surface area (Å²) in [6.45, 7) is 2.71. The van der Waals surface area contributed by atoms with Gasteiger partial charge in [-0.2, -0.15) is 0 Å². The molecule has 0 saturated heterocycles. The normalized spacial score (nSPS) is 15.4. The zero-order valence-corrected chi connectivity index (χ0v) is 12.9. The van der Waals surface area contributed by atoms with Gasteiger partial charge in [-0.1, -0.05) is 6.07 Å². The van der Waals surface area contributed by atoms with Crippen molar-refractivity contribution in [2.75, 3.05) is 20.8 Å². The van der Waals surface area contributed by atoms with Crippen molar-refractivity contribution in [3.05, 3.63) is 23.8 Å². The molecule has 5 heteroatoms. The largest absolute Gasteiger partial charge is 0.497 e. The fourth-order valence-corrected chi connectivity index (χ4v) is 2.22. The number of benzene rings is 1. The van der Waals surface area contributed by atoms with Gasteiger partial charge in [0.2, 0.25) is 5.91 Å². The molecule has 116 valence electrons. The third kappa shape index (κ3) is 4.63. The molecule has 0 radical (unpaired) electrons. The second-order valence-electron chi connectivity index (χ2n) is 5.38. The summed E-state index contributed by atoms with van der Waals surface area (Å²) >= 11 is 0. The first-order chi connectivity index (χ1) is 10.1. The molecule has 1 amide bonds. The van der Waals surface area contributed by atoms with Crippen LogP contribution in [0.25, 0.3) is 0 Å². The van der Waals surface area contributed by atoms with Crippen LogP contribution in [-0.2, 0) is 4.79 Å². The Balaban J connectivity index is 1.84. The third-order valence-corrected chi connectivity index (χ3v) is 3.65. The lowest BCUT2D eigenvalue weighted by Gasteiger charge is -2.18. The number of nitrogens with one attached hydrogen (secondary N) is 2. The zero-order valence-electron chi connectivity index (χ0n) is 12.9. The average molecular weight is 292 g/mol. The predicted molar refractivity (Wildman–Crippen MR) is 81.7 cm³/mol. The van der Waals surface area contributed by atoms with Crippen LogP contribution in [0.3, 0.4) is 0 Å². The Morgan fingerprint density at radius 3 is 2.71 bits per heavy atom. The summed E-state index contributed by atoms with van der Waals surface area (Å²) in [5, 5.41) is 6.34. The molecule has 1 aromatic rings. The van der Waals surface area contributed by atoms with Crippen molar-refractivity contribution in [3.8, 4) is 11.5 Å². The molecule has 0 heterocycles. The first-order valence-electron chi connectivity index (χ1n) is 7.38. The molecular formula is C16H24N2O3. The molecule has 1 atom stereocenters. The van der Waals surface area contributed by atoms with Gasteiger partial charge in [-0.3, -0.25) is 4.79 Å². The molecule has 0 bridgehead atoms. The van der Waals surface area contributed by atoms with Crippen molar-refractivity contribution < 1.29 is 14.3 Å². The van der Waals surface area contributed by atoms with E-state index in [1.807, 2.05) is 18.2 Å². The van der Waals surface area contributed by atoms with E-state index < -0.39 is 0 Å². The average Bonchev–Trinajstić information content (AvgIpc) is 3.30. The summed E-state index contributed by atoms with van der Waals surface area (Å²) < 4.78 is 10.6. The summed E-state index contributed by atoms with van der Waals surface area (Å²) in [7, 11) is 3.28. The van der Waals surface area contributed by atoms with Crippen LogP contribution in [0.1, 0.15) is 37.8 Å². The highest BCUT2D eigenvalue weighted by atomic mass is 16.5. The topological polar surface area (TPSA) is 59.6 Å². The maximum absolute atomic E-state index is 11.6. The van der Waals surface area contributed by atoms with Crippen LogP contribution >= 0.6 is 0 Å². The van der Waals surface area contributed by atoms with Crippen molar-refractivity contribution in [1.29, 1.82) is 0 Å². The number of ether oxygens (including phenoxy) is 2. The first-order valence-corrected chi connectivity index (χ1v) is 7.38. The number of methoxy groups -OCH3 is 2. The van der Waals surface area contributed by atoms with E-state index in [4.69, 9.17) is 9.47 Å². The molecule has 1 unspecified atom stereocenters. The van der Waals surface area contributed by atoms with Crippen LogP contribution in [0.15, 0.2) is 18.2 Å². The number of hydrogen-bond donors (Lipinski definition) is 2. The first kappa shape index (κ1) is 15.6. The Morgan fingerprint density at radius 2 is 2.10 bits per heavy atom. The lowest BCUT2D eigenvalue weighted by Crippen LogP contribution is -2.30. The molecule has 5 nitrogen and oxygen atoms in total. The van der Waals surface area contributed by atoms with E-state index in [1.165, 1.54) is 0 Å². The van der Waals surface area contributed by atoms with E-state index in [9.17, 15) is 4.79 Å². The van der Waals surface area contributed by atoms with Crippen molar-refractivity contribution >= 4 is 5.91 Å². The van der Waals surface area contributed by atoms with E-state index >= 15 is 0 Å². The molecule has 1 aromatic carbocycles. The van der Waals surface area contributed by atoms with Crippen LogP contribution in [0, 0.1) is 0 Å². The minimum atomic E-state index is 0.111. The minimum absolute atomic E-state index is 0.111. The molecule has 1 fully saturated rings. The van der Waals surface area contributed by atoms with E-state index in [-0.39, 0.29) is 11.9 Å². The quantitative estimate of drug-likeness (QED) is 0.769. The lowest BCUT2D eigenvalue weighted by atomic mass is 10.1. The van der Waals surface area contributed by atoms with Crippen molar-refractivity contribution in [2.45, 2.75) is 38.3 Å².